The summed E-state index contributed by atoms with van der Waals surface area (Å²) >= 11 is 1.44. The highest BCUT2D eigenvalue weighted by molar-refractivity contribution is 7.13. The largest absolute Gasteiger partial charge is 0.385 e. The van der Waals surface area contributed by atoms with Crippen molar-refractivity contribution in [1.29, 1.82) is 0 Å². The van der Waals surface area contributed by atoms with Crippen molar-refractivity contribution in [3.63, 3.8) is 0 Å². The molecule has 0 saturated heterocycles. The van der Waals surface area contributed by atoms with Crippen LogP contribution in [0.4, 0.5) is 0 Å². The molecule has 1 aromatic rings. The van der Waals surface area contributed by atoms with E-state index in [4.69, 9.17) is 10.5 Å². The van der Waals surface area contributed by atoms with Crippen LogP contribution in [-0.4, -0.2) is 30.5 Å². The van der Waals surface area contributed by atoms with Crippen LogP contribution in [0.15, 0.2) is 0 Å². The quantitative estimate of drug-likeness (QED) is 0.771. The van der Waals surface area contributed by atoms with Gasteiger partial charge in [-0.15, -0.1) is 11.3 Å². The second-order valence-corrected chi connectivity index (χ2v) is 5.02. The number of Topliss-reactive ketones (excluding diaryl/α,β-unsaturated/α-hetero) is 1. The Hall–Kier alpha value is -0.780. The first-order valence-electron chi connectivity index (χ1n) is 5.26. The number of aromatic nitrogens is 1. The number of rotatable bonds is 6. The summed E-state index contributed by atoms with van der Waals surface area (Å²) in [6, 6.07) is -0.130. The lowest BCUT2D eigenvalue weighted by Crippen LogP contribution is -2.25. The molecule has 0 amide bonds. The molecule has 0 aromatic carbocycles. The van der Waals surface area contributed by atoms with Crippen molar-refractivity contribution in [2.45, 2.75) is 32.7 Å². The number of aryl methyl sites for hydroxylation is 2. The molecular formula is C11H18N2O2S. The predicted molar refractivity (Wildman–Crippen MR) is 65.0 cm³/mol. The Morgan fingerprint density at radius 3 is 2.75 bits per heavy atom. The van der Waals surface area contributed by atoms with Crippen molar-refractivity contribution in [1.82, 2.24) is 4.98 Å². The molecule has 4 nitrogen and oxygen atoms in total. The molecule has 0 spiro atoms. The minimum absolute atomic E-state index is 0.0895. The van der Waals surface area contributed by atoms with Gasteiger partial charge in [-0.05, 0) is 20.3 Å². The summed E-state index contributed by atoms with van der Waals surface area (Å²) in [5, 5.41) is 0.923. The number of carbonyl (C=O) groups is 1. The number of nitrogens with two attached hydrogens (primary N) is 1. The molecule has 0 fully saturated rings. The average Bonchev–Trinajstić information content (AvgIpc) is 2.54. The fraction of sp³-hybridized carbons (Fsp3) is 0.636. The first-order chi connectivity index (χ1) is 7.54. The Morgan fingerprint density at radius 1 is 1.56 bits per heavy atom. The second-order valence-electron chi connectivity index (χ2n) is 3.82. The number of nitrogens with zero attached hydrogens (tertiary/aromatic N) is 1. The highest BCUT2D eigenvalue weighted by Gasteiger charge is 2.16. The van der Waals surface area contributed by atoms with Crippen molar-refractivity contribution >= 4 is 17.1 Å². The topological polar surface area (TPSA) is 65.2 Å². The molecule has 0 radical (unpaired) electrons. The van der Waals surface area contributed by atoms with Gasteiger partial charge in [0.1, 0.15) is 0 Å². The van der Waals surface area contributed by atoms with Gasteiger partial charge in [-0.25, -0.2) is 4.98 Å². The van der Waals surface area contributed by atoms with Crippen molar-refractivity contribution in [3.05, 3.63) is 15.6 Å². The molecule has 0 bridgehead atoms. The lowest BCUT2D eigenvalue weighted by atomic mass is 10.1. The molecule has 1 aromatic heterocycles. The van der Waals surface area contributed by atoms with Gasteiger partial charge < -0.3 is 10.5 Å². The number of ether oxygens (including phenoxy) is 1. The van der Waals surface area contributed by atoms with Crippen LogP contribution in [0.1, 0.15) is 33.2 Å². The summed E-state index contributed by atoms with van der Waals surface area (Å²) < 4.78 is 4.93. The predicted octanol–water partition coefficient (Wildman–Crippen LogP) is 1.70. The van der Waals surface area contributed by atoms with Gasteiger partial charge in [0.2, 0.25) is 0 Å². The lowest BCUT2D eigenvalue weighted by Gasteiger charge is -2.09. The van der Waals surface area contributed by atoms with E-state index in [1.807, 2.05) is 13.8 Å². The van der Waals surface area contributed by atoms with Crippen LogP contribution in [0.2, 0.25) is 0 Å². The third-order valence-electron chi connectivity index (χ3n) is 2.30. The van der Waals surface area contributed by atoms with Crippen molar-refractivity contribution in [3.8, 4) is 0 Å². The van der Waals surface area contributed by atoms with Gasteiger partial charge in [-0.2, -0.15) is 0 Å². The fourth-order valence-corrected chi connectivity index (χ4v) is 2.36. The SMILES string of the molecule is COCCC(N)CC(=O)c1sc(C)nc1C. The van der Waals surface area contributed by atoms with Gasteiger partial charge in [0, 0.05) is 26.2 Å². The molecule has 1 rings (SSSR count). The van der Waals surface area contributed by atoms with Gasteiger partial charge in [0.05, 0.1) is 15.6 Å². The molecule has 2 N–H and O–H groups in total. The van der Waals surface area contributed by atoms with Gasteiger partial charge in [-0.3, -0.25) is 4.79 Å². The van der Waals surface area contributed by atoms with E-state index >= 15 is 0 Å². The number of ketones is 1. The van der Waals surface area contributed by atoms with Crippen LogP contribution in [0, 0.1) is 13.8 Å². The number of methoxy groups -OCH3 is 1. The normalized spacial score (nSPS) is 12.8. The zero-order valence-electron chi connectivity index (χ0n) is 9.95. The summed E-state index contributed by atoms with van der Waals surface area (Å²) in [4.78, 5) is 16.9. The fourth-order valence-electron chi connectivity index (χ4n) is 1.49. The number of carbonyl (C=O) groups excluding carboxylic acids is 1. The van der Waals surface area contributed by atoms with Gasteiger partial charge >= 0.3 is 0 Å². The maximum Gasteiger partial charge on any atom is 0.176 e. The zero-order chi connectivity index (χ0) is 12.1. The zero-order valence-corrected chi connectivity index (χ0v) is 10.8. The van der Waals surface area contributed by atoms with Crippen LogP contribution < -0.4 is 5.73 Å². The molecular weight excluding hydrogens is 224 g/mol. The molecule has 90 valence electrons. The molecule has 1 atom stereocenters. The summed E-state index contributed by atoms with van der Waals surface area (Å²) in [6.45, 7) is 4.35. The van der Waals surface area contributed by atoms with Crippen molar-refractivity contribution in [2.24, 2.45) is 5.73 Å². The van der Waals surface area contributed by atoms with Gasteiger partial charge in [-0.1, -0.05) is 0 Å². The Bertz CT molecular complexity index is 363. The van der Waals surface area contributed by atoms with Gasteiger partial charge in [0.25, 0.3) is 0 Å². The van der Waals surface area contributed by atoms with E-state index in [0.717, 1.165) is 15.6 Å². The number of hydrogen-bond donors (Lipinski definition) is 1. The van der Waals surface area contributed by atoms with E-state index in [-0.39, 0.29) is 11.8 Å². The minimum Gasteiger partial charge on any atom is -0.385 e. The lowest BCUT2D eigenvalue weighted by molar-refractivity contribution is 0.0970. The van der Waals surface area contributed by atoms with Crippen molar-refractivity contribution in [2.75, 3.05) is 13.7 Å². The van der Waals surface area contributed by atoms with E-state index in [2.05, 4.69) is 4.98 Å². The molecule has 1 unspecified atom stereocenters. The smallest absolute Gasteiger partial charge is 0.176 e. The van der Waals surface area contributed by atoms with E-state index in [9.17, 15) is 4.79 Å². The highest BCUT2D eigenvalue weighted by Crippen LogP contribution is 2.19. The molecule has 16 heavy (non-hydrogen) atoms. The monoisotopic (exact) mass is 242 g/mol. The maximum absolute atomic E-state index is 11.9. The molecule has 0 aliphatic carbocycles. The summed E-state index contributed by atoms with van der Waals surface area (Å²) in [7, 11) is 1.63. The molecule has 0 saturated carbocycles. The van der Waals surface area contributed by atoms with Crippen molar-refractivity contribution < 1.29 is 9.53 Å². The molecule has 1 heterocycles. The van der Waals surface area contributed by atoms with E-state index in [1.165, 1.54) is 11.3 Å². The third-order valence-corrected chi connectivity index (χ3v) is 3.41. The average molecular weight is 242 g/mol. The Labute approximate surface area is 99.8 Å². The summed E-state index contributed by atoms with van der Waals surface area (Å²) in [6.07, 6.45) is 1.07. The van der Waals surface area contributed by atoms with E-state index in [0.29, 0.717) is 19.4 Å². The van der Waals surface area contributed by atoms with E-state index in [1.54, 1.807) is 7.11 Å². The molecule has 0 aliphatic rings. The second kappa shape index (κ2) is 6.08. The Morgan fingerprint density at radius 2 is 2.25 bits per heavy atom. The maximum atomic E-state index is 11.9. The van der Waals surface area contributed by atoms with Crippen LogP contribution >= 0.6 is 11.3 Å². The van der Waals surface area contributed by atoms with E-state index < -0.39 is 0 Å². The summed E-state index contributed by atoms with van der Waals surface area (Å²) in [5.41, 5.74) is 6.65. The third kappa shape index (κ3) is 3.66. The summed E-state index contributed by atoms with van der Waals surface area (Å²) in [5.74, 6) is 0.0895. The Kier molecular flexibility index (Phi) is 5.05. The Balaban J connectivity index is 2.55. The highest BCUT2D eigenvalue weighted by atomic mass is 32.1. The van der Waals surface area contributed by atoms with Gasteiger partial charge in [0.15, 0.2) is 5.78 Å². The molecule has 0 aliphatic heterocycles. The standard InChI is InChI=1S/C11H18N2O2S/c1-7-11(16-8(2)13-7)10(14)6-9(12)4-5-15-3/h9H,4-6,12H2,1-3H3. The number of thiazole rings is 1. The minimum atomic E-state index is -0.130. The van der Waals surface area contributed by atoms with Crippen LogP contribution in [0.5, 0.6) is 0 Å². The van der Waals surface area contributed by atoms with Crippen LogP contribution in [0.25, 0.3) is 0 Å². The van der Waals surface area contributed by atoms with Crippen LogP contribution in [-0.2, 0) is 4.74 Å². The number of hydrogen-bond acceptors (Lipinski definition) is 5. The van der Waals surface area contributed by atoms with Crippen LogP contribution in [0.3, 0.4) is 0 Å². The first-order valence-corrected chi connectivity index (χ1v) is 6.08. The first kappa shape index (κ1) is 13.3. The molecule has 5 heteroatoms.